The molecule has 0 aromatic heterocycles. The van der Waals surface area contributed by atoms with Gasteiger partial charge in [0.05, 0.1) is 11.1 Å². The molecule has 0 aliphatic rings. The van der Waals surface area contributed by atoms with Crippen LogP contribution in [0.15, 0.2) is 82.8 Å². The summed E-state index contributed by atoms with van der Waals surface area (Å²) in [5.41, 5.74) is 2.62. The van der Waals surface area contributed by atoms with E-state index in [2.05, 4.69) is 9.93 Å². The molecule has 0 spiro atoms. The van der Waals surface area contributed by atoms with Crippen molar-refractivity contribution < 1.29 is 13.2 Å². The number of halogens is 1. The molecule has 0 radical (unpaired) electrons. The zero-order valence-corrected chi connectivity index (χ0v) is 16.7. The van der Waals surface area contributed by atoms with Gasteiger partial charge in [0.15, 0.2) is 0 Å². The molecule has 5 nitrogen and oxygen atoms in total. The first kappa shape index (κ1) is 19.9. The van der Waals surface area contributed by atoms with Crippen LogP contribution in [-0.2, 0) is 16.6 Å². The van der Waals surface area contributed by atoms with Crippen molar-refractivity contribution >= 4 is 27.8 Å². The minimum Gasteiger partial charge on any atom is -0.489 e. The maximum absolute atomic E-state index is 12.2. The Hall–Kier alpha value is -2.83. The number of hydrogen-bond donors (Lipinski definition) is 1. The molecule has 0 aliphatic heterocycles. The van der Waals surface area contributed by atoms with E-state index in [0.29, 0.717) is 17.4 Å². The van der Waals surface area contributed by atoms with Gasteiger partial charge in [-0.15, -0.1) is 0 Å². The monoisotopic (exact) mass is 414 g/mol. The second kappa shape index (κ2) is 8.91. The topological polar surface area (TPSA) is 67.8 Å². The van der Waals surface area contributed by atoms with Crippen LogP contribution in [0.5, 0.6) is 5.75 Å². The predicted molar refractivity (Wildman–Crippen MR) is 111 cm³/mol. The number of nitrogens with one attached hydrogen (secondary N) is 1. The van der Waals surface area contributed by atoms with Gasteiger partial charge in [-0.05, 0) is 55.0 Å². The number of ether oxygens (including phenoxy) is 1. The molecular weight excluding hydrogens is 396 g/mol. The first-order chi connectivity index (χ1) is 13.4. The second-order valence-corrected chi connectivity index (χ2v) is 8.18. The molecule has 1 N–H and O–H groups in total. The molecule has 28 heavy (non-hydrogen) atoms. The molecule has 0 amide bonds. The molecule has 0 atom stereocenters. The molecule has 0 bridgehead atoms. The van der Waals surface area contributed by atoms with E-state index in [1.807, 2.05) is 31.2 Å². The Morgan fingerprint density at radius 1 is 1.00 bits per heavy atom. The Morgan fingerprint density at radius 3 is 2.36 bits per heavy atom. The molecule has 3 aromatic rings. The lowest BCUT2D eigenvalue weighted by Crippen LogP contribution is -2.18. The van der Waals surface area contributed by atoms with Crippen LogP contribution in [0.4, 0.5) is 0 Å². The van der Waals surface area contributed by atoms with Crippen molar-refractivity contribution in [1.82, 2.24) is 4.83 Å². The van der Waals surface area contributed by atoms with Crippen LogP contribution in [0.3, 0.4) is 0 Å². The molecule has 0 aliphatic carbocycles. The van der Waals surface area contributed by atoms with Crippen molar-refractivity contribution in [3.05, 3.63) is 94.5 Å². The standard InChI is InChI=1S/C21H19ClN2O3S/c1-16-6-12-20(13-7-16)28(25,26)24-23-14-17-8-10-19(11-9-17)27-15-18-4-2-3-5-21(18)22/h2-14,24H,15H2,1H3. The van der Waals surface area contributed by atoms with Gasteiger partial charge in [0.25, 0.3) is 10.0 Å². The van der Waals surface area contributed by atoms with Gasteiger partial charge in [0, 0.05) is 10.6 Å². The molecule has 0 saturated carbocycles. The summed E-state index contributed by atoms with van der Waals surface area (Å²) < 4.78 is 30.1. The summed E-state index contributed by atoms with van der Waals surface area (Å²) in [5, 5.41) is 4.49. The number of benzene rings is 3. The van der Waals surface area contributed by atoms with Crippen molar-refractivity contribution in [2.45, 2.75) is 18.4 Å². The van der Waals surface area contributed by atoms with Gasteiger partial charge in [-0.2, -0.15) is 13.5 Å². The summed E-state index contributed by atoms with van der Waals surface area (Å²) in [5.74, 6) is 0.678. The van der Waals surface area contributed by atoms with Crippen molar-refractivity contribution in [2.75, 3.05) is 0 Å². The summed E-state index contributed by atoms with van der Waals surface area (Å²) in [4.78, 5) is 2.37. The number of hydrogen-bond acceptors (Lipinski definition) is 4. The number of rotatable bonds is 7. The van der Waals surface area contributed by atoms with E-state index in [1.54, 1.807) is 36.4 Å². The highest BCUT2D eigenvalue weighted by Gasteiger charge is 2.11. The average molecular weight is 415 g/mol. The Bertz CT molecular complexity index is 1060. The van der Waals surface area contributed by atoms with Crippen LogP contribution in [0.1, 0.15) is 16.7 Å². The lowest BCUT2D eigenvalue weighted by molar-refractivity contribution is 0.306. The molecule has 0 fully saturated rings. The van der Waals surface area contributed by atoms with E-state index in [-0.39, 0.29) is 4.90 Å². The quantitative estimate of drug-likeness (QED) is 0.456. The Balaban J connectivity index is 1.58. The number of aryl methyl sites for hydroxylation is 1. The second-order valence-electron chi connectivity index (χ2n) is 6.12. The van der Waals surface area contributed by atoms with Gasteiger partial charge < -0.3 is 4.74 Å². The lowest BCUT2D eigenvalue weighted by atomic mass is 10.2. The van der Waals surface area contributed by atoms with Crippen LogP contribution >= 0.6 is 11.6 Å². The third-order valence-corrected chi connectivity index (χ3v) is 5.56. The molecule has 3 rings (SSSR count). The summed E-state index contributed by atoms with van der Waals surface area (Å²) in [6.45, 7) is 2.26. The maximum Gasteiger partial charge on any atom is 0.276 e. The molecule has 0 heterocycles. The smallest absolute Gasteiger partial charge is 0.276 e. The zero-order chi connectivity index (χ0) is 20.0. The molecule has 7 heteroatoms. The van der Waals surface area contributed by atoms with E-state index in [0.717, 1.165) is 16.7 Å². The number of nitrogens with zero attached hydrogens (tertiary/aromatic N) is 1. The normalized spacial score (nSPS) is 11.5. The molecule has 144 valence electrons. The fourth-order valence-corrected chi connectivity index (χ4v) is 3.35. The van der Waals surface area contributed by atoms with E-state index in [9.17, 15) is 8.42 Å². The predicted octanol–water partition coefficient (Wildman–Crippen LogP) is 4.54. The van der Waals surface area contributed by atoms with Crippen LogP contribution in [-0.4, -0.2) is 14.6 Å². The van der Waals surface area contributed by atoms with Crippen molar-refractivity contribution in [3.8, 4) is 5.75 Å². The van der Waals surface area contributed by atoms with Crippen LogP contribution in [0.25, 0.3) is 0 Å². The van der Waals surface area contributed by atoms with Crippen molar-refractivity contribution in [1.29, 1.82) is 0 Å². The van der Waals surface area contributed by atoms with Gasteiger partial charge in [0.2, 0.25) is 0 Å². The van der Waals surface area contributed by atoms with Gasteiger partial charge in [-0.3, -0.25) is 0 Å². The molecular formula is C21H19ClN2O3S. The van der Waals surface area contributed by atoms with E-state index >= 15 is 0 Å². The Labute approximate surface area is 169 Å². The highest BCUT2D eigenvalue weighted by Crippen LogP contribution is 2.18. The molecule has 3 aromatic carbocycles. The summed E-state index contributed by atoms with van der Waals surface area (Å²) >= 11 is 6.11. The van der Waals surface area contributed by atoms with Gasteiger partial charge in [-0.1, -0.05) is 47.5 Å². The van der Waals surface area contributed by atoms with Crippen LogP contribution < -0.4 is 9.57 Å². The summed E-state index contributed by atoms with van der Waals surface area (Å²) in [6, 6.07) is 21.2. The SMILES string of the molecule is Cc1ccc(S(=O)(=O)NN=Cc2ccc(OCc3ccccc3Cl)cc2)cc1. The first-order valence-corrected chi connectivity index (χ1v) is 10.4. The van der Waals surface area contributed by atoms with E-state index < -0.39 is 10.0 Å². The molecule has 0 unspecified atom stereocenters. The van der Waals surface area contributed by atoms with Crippen molar-refractivity contribution in [3.63, 3.8) is 0 Å². The van der Waals surface area contributed by atoms with E-state index in [4.69, 9.17) is 16.3 Å². The highest BCUT2D eigenvalue weighted by molar-refractivity contribution is 7.89. The Morgan fingerprint density at radius 2 is 1.68 bits per heavy atom. The van der Waals surface area contributed by atoms with Gasteiger partial charge in [0.1, 0.15) is 12.4 Å². The highest BCUT2D eigenvalue weighted by atomic mass is 35.5. The minimum absolute atomic E-state index is 0.165. The van der Waals surface area contributed by atoms with Crippen LogP contribution in [0, 0.1) is 6.92 Å². The van der Waals surface area contributed by atoms with Gasteiger partial charge >= 0.3 is 0 Å². The average Bonchev–Trinajstić information content (AvgIpc) is 2.69. The maximum atomic E-state index is 12.2. The van der Waals surface area contributed by atoms with Crippen LogP contribution in [0.2, 0.25) is 5.02 Å². The van der Waals surface area contributed by atoms with Gasteiger partial charge in [-0.25, -0.2) is 4.83 Å². The summed E-state index contributed by atoms with van der Waals surface area (Å²) in [7, 11) is -3.68. The van der Waals surface area contributed by atoms with Crippen molar-refractivity contribution in [2.24, 2.45) is 5.10 Å². The zero-order valence-electron chi connectivity index (χ0n) is 15.2. The fraction of sp³-hybridized carbons (Fsp3) is 0.0952. The molecule has 0 saturated heterocycles. The fourth-order valence-electron chi connectivity index (χ4n) is 2.37. The first-order valence-electron chi connectivity index (χ1n) is 8.52. The lowest BCUT2D eigenvalue weighted by Gasteiger charge is -2.08. The summed E-state index contributed by atoms with van der Waals surface area (Å²) in [6.07, 6.45) is 1.43. The number of sulfonamides is 1. The largest absolute Gasteiger partial charge is 0.489 e. The number of hydrazone groups is 1. The van der Waals surface area contributed by atoms with E-state index in [1.165, 1.54) is 18.3 Å². The minimum atomic E-state index is -3.68. The third-order valence-electron chi connectivity index (χ3n) is 3.95. The third kappa shape index (κ3) is 5.34. The Kier molecular flexibility index (Phi) is 6.34.